The molecule has 2 aromatic rings. The quantitative estimate of drug-likeness (QED) is 0.907. The van der Waals surface area contributed by atoms with Crippen molar-refractivity contribution in [3.63, 3.8) is 0 Å². The maximum absolute atomic E-state index is 12.3. The molecule has 1 aromatic carbocycles. The minimum absolute atomic E-state index is 0.00845. The highest BCUT2D eigenvalue weighted by atomic mass is 32.1. The first-order chi connectivity index (χ1) is 11.5. The molecule has 1 unspecified atom stereocenters. The highest BCUT2D eigenvalue weighted by molar-refractivity contribution is 7.09. The summed E-state index contributed by atoms with van der Waals surface area (Å²) in [6.07, 6.45) is 0.994. The fraction of sp³-hybridized carbons (Fsp3) is 0.389. The Hall–Kier alpha value is -2.21. The van der Waals surface area contributed by atoms with Gasteiger partial charge in [0.25, 0.3) is 0 Å². The summed E-state index contributed by atoms with van der Waals surface area (Å²) in [6, 6.07) is 7.81. The molecular formula is C18H21N3O2S. The van der Waals surface area contributed by atoms with E-state index in [4.69, 9.17) is 0 Å². The van der Waals surface area contributed by atoms with Crippen molar-refractivity contribution >= 4 is 28.8 Å². The van der Waals surface area contributed by atoms with Crippen molar-refractivity contribution in [3.05, 3.63) is 45.9 Å². The molecule has 5 nitrogen and oxygen atoms in total. The van der Waals surface area contributed by atoms with Crippen LogP contribution in [-0.2, 0) is 16.0 Å². The molecule has 6 heteroatoms. The molecule has 0 radical (unpaired) electrons. The minimum Gasteiger partial charge on any atom is -0.355 e. The van der Waals surface area contributed by atoms with Crippen LogP contribution in [-0.4, -0.2) is 29.9 Å². The molecule has 3 rings (SSSR count). The molecular weight excluding hydrogens is 322 g/mol. The van der Waals surface area contributed by atoms with Gasteiger partial charge in [0.05, 0.1) is 16.6 Å². The zero-order chi connectivity index (χ0) is 17.1. The van der Waals surface area contributed by atoms with E-state index in [1.165, 1.54) is 0 Å². The van der Waals surface area contributed by atoms with Crippen LogP contribution in [0.2, 0.25) is 0 Å². The number of aromatic nitrogens is 1. The van der Waals surface area contributed by atoms with E-state index in [9.17, 15) is 9.59 Å². The van der Waals surface area contributed by atoms with Crippen LogP contribution in [0.25, 0.3) is 0 Å². The zero-order valence-electron chi connectivity index (χ0n) is 13.9. The molecule has 1 atom stereocenters. The molecule has 24 heavy (non-hydrogen) atoms. The van der Waals surface area contributed by atoms with Crippen molar-refractivity contribution < 1.29 is 9.59 Å². The van der Waals surface area contributed by atoms with Gasteiger partial charge in [-0.2, -0.15) is 0 Å². The van der Waals surface area contributed by atoms with Crippen LogP contribution in [0, 0.1) is 19.8 Å². The summed E-state index contributed by atoms with van der Waals surface area (Å²) in [5.74, 6) is -0.324. The van der Waals surface area contributed by atoms with Gasteiger partial charge in [0.2, 0.25) is 11.8 Å². The summed E-state index contributed by atoms with van der Waals surface area (Å²) in [7, 11) is 0. The SMILES string of the molecule is Cc1ccc(N2CC(C(=O)NCCc3csc(C)n3)CC2=O)cc1. The van der Waals surface area contributed by atoms with E-state index in [0.29, 0.717) is 13.1 Å². The number of carbonyl (C=O) groups excluding carboxylic acids is 2. The Morgan fingerprint density at radius 1 is 1.33 bits per heavy atom. The largest absolute Gasteiger partial charge is 0.355 e. The molecule has 1 aromatic heterocycles. The number of rotatable bonds is 5. The number of benzene rings is 1. The third-order valence-electron chi connectivity index (χ3n) is 4.19. The van der Waals surface area contributed by atoms with Crippen LogP contribution in [0.5, 0.6) is 0 Å². The Kier molecular flexibility index (Phi) is 4.94. The molecule has 0 bridgehead atoms. The monoisotopic (exact) mass is 343 g/mol. The Balaban J connectivity index is 1.53. The van der Waals surface area contributed by atoms with Crippen LogP contribution in [0.1, 0.15) is 22.7 Å². The van der Waals surface area contributed by atoms with Gasteiger partial charge in [-0.25, -0.2) is 4.98 Å². The van der Waals surface area contributed by atoms with E-state index in [0.717, 1.165) is 28.4 Å². The molecule has 0 saturated carbocycles. The number of nitrogens with one attached hydrogen (secondary N) is 1. The van der Waals surface area contributed by atoms with Crippen molar-refractivity contribution in [1.82, 2.24) is 10.3 Å². The maximum atomic E-state index is 12.3. The molecule has 1 fully saturated rings. The van der Waals surface area contributed by atoms with Gasteiger partial charge in [-0.05, 0) is 26.0 Å². The number of amides is 2. The van der Waals surface area contributed by atoms with E-state index in [2.05, 4.69) is 10.3 Å². The highest BCUT2D eigenvalue weighted by Crippen LogP contribution is 2.25. The summed E-state index contributed by atoms with van der Waals surface area (Å²) in [6.45, 7) is 4.98. The molecule has 1 N–H and O–H groups in total. The Morgan fingerprint density at radius 2 is 2.08 bits per heavy atom. The summed E-state index contributed by atoms with van der Waals surface area (Å²) < 4.78 is 0. The first-order valence-electron chi connectivity index (χ1n) is 8.08. The van der Waals surface area contributed by atoms with Crippen LogP contribution in [0.3, 0.4) is 0 Å². The fourth-order valence-corrected chi connectivity index (χ4v) is 3.49. The smallest absolute Gasteiger partial charge is 0.227 e. The standard InChI is InChI=1S/C18H21N3O2S/c1-12-3-5-16(6-4-12)21-10-14(9-17(21)22)18(23)19-8-7-15-11-24-13(2)20-15/h3-6,11,14H,7-10H2,1-2H3,(H,19,23). The number of aryl methyl sites for hydroxylation is 2. The molecule has 0 aliphatic carbocycles. The van der Waals surface area contributed by atoms with Crippen LogP contribution in [0.4, 0.5) is 5.69 Å². The number of carbonyl (C=O) groups is 2. The maximum Gasteiger partial charge on any atom is 0.227 e. The lowest BCUT2D eigenvalue weighted by atomic mass is 10.1. The van der Waals surface area contributed by atoms with Crippen molar-refractivity contribution in [3.8, 4) is 0 Å². The first kappa shape index (κ1) is 16.6. The Bertz CT molecular complexity index is 739. The molecule has 1 aliphatic rings. The predicted molar refractivity (Wildman–Crippen MR) is 95.2 cm³/mol. The predicted octanol–water partition coefficient (Wildman–Crippen LogP) is 2.47. The second-order valence-electron chi connectivity index (χ2n) is 6.14. The number of thiazole rings is 1. The summed E-state index contributed by atoms with van der Waals surface area (Å²) >= 11 is 1.61. The van der Waals surface area contributed by atoms with E-state index in [-0.39, 0.29) is 24.2 Å². The number of nitrogens with zero attached hydrogens (tertiary/aromatic N) is 2. The van der Waals surface area contributed by atoms with Crippen LogP contribution >= 0.6 is 11.3 Å². The Labute approximate surface area is 145 Å². The molecule has 1 aliphatic heterocycles. The summed E-state index contributed by atoms with van der Waals surface area (Å²) in [4.78, 5) is 30.6. The lowest BCUT2D eigenvalue weighted by Gasteiger charge is -2.17. The van der Waals surface area contributed by atoms with Gasteiger partial charge >= 0.3 is 0 Å². The average Bonchev–Trinajstić information content (AvgIpc) is 3.14. The lowest BCUT2D eigenvalue weighted by Crippen LogP contribution is -2.34. The van der Waals surface area contributed by atoms with Gasteiger partial charge in [0.1, 0.15) is 0 Å². The van der Waals surface area contributed by atoms with Crippen molar-refractivity contribution in [1.29, 1.82) is 0 Å². The molecule has 2 heterocycles. The molecule has 126 valence electrons. The molecule has 1 saturated heterocycles. The van der Waals surface area contributed by atoms with Crippen molar-refractivity contribution in [2.24, 2.45) is 5.92 Å². The van der Waals surface area contributed by atoms with E-state index >= 15 is 0 Å². The van der Waals surface area contributed by atoms with Gasteiger partial charge in [0, 0.05) is 37.0 Å². The van der Waals surface area contributed by atoms with Gasteiger partial charge in [0.15, 0.2) is 0 Å². The topological polar surface area (TPSA) is 62.3 Å². The second kappa shape index (κ2) is 7.13. The fourth-order valence-electron chi connectivity index (χ4n) is 2.84. The van der Waals surface area contributed by atoms with Crippen molar-refractivity contribution in [2.75, 3.05) is 18.0 Å². The van der Waals surface area contributed by atoms with Crippen molar-refractivity contribution in [2.45, 2.75) is 26.7 Å². The van der Waals surface area contributed by atoms with Crippen LogP contribution in [0.15, 0.2) is 29.6 Å². The van der Waals surface area contributed by atoms with Gasteiger partial charge in [-0.1, -0.05) is 17.7 Å². The minimum atomic E-state index is -0.282. The van der Waals surface area contributed by atoms with E-state index < -0.39 is 0 Å². The molecule has 0 spiro atoms. The van der Waals surface area contributed by atoms with Gasteiger partial charge < -0.3 is 10.2 Å². The number of hydrogen-bond donors (Lipinski definition) is 1. The Morgan fingerprint density at radius 3 is 2.75 bits per heavy atom. The number of anilines is 1. The first-order valence-corrected chi connectivity index (χ1v) is 8.96. The van der Waals surface area contributed by atoms with Gasteiger partial charge in [-0.3, -0.25) is 9.59 Å². The summed E-state index contributed by atoms with van der Waals surface area (Å²) in [5, 5.41) is 5.98. The van der Waals surface area contributed by atoms with E-state index in [1.54, 1.807) is 16.2 Å². The van der Waals surface area contributed by atoms with E-state index in [1.807, 2.05) is 43.5 Å². The third-order valence-corrected chi connectivity index (χ3v) is 5.01. The zero-order valence-corrected chi connectivity index (χ0v) is 14.7. The molecule has 2 amide bonds. The van der Waals surface area contributed by atoms with Gasteiger partial charge in [-0.15, -0.1) is 11.3 Å². The number of hydrogen-bond acceptors (Lipinski definition) is 4. The third kappa shape index (κ3) is 3.82. The highest BCUT2D eigenvalue weighted by Gasteiger charge is 2.34. The van der Waals surface area contributed by atoms with Crippen LogP contribution < -0.4 is 10.2 Å². The summed E-state index contributed by atoms with van der Waals surface area (Å²) in [5.41, 5.74) is 3.01. The second-order valence-corrected chi connectivity index (χ2v) is 7.20. The average molecular weight is 343 g/mol. The normalized spacial score (nSPS) is 17.3. The lowest BCUT2D eigenvalue weighted by molar-refractivity contribution is -0.126.